The highest BCUT2D eigenvalue weighted by Gasteiger charge is 2.26. The van der Waals surface area contributed by atoms with Gasteiger partial charge in [0.25, 0.3) is 0 Å². The van der Waals surface area contributed by atoms with E-state index in [1.807, 2.05) is 0 Å². The van der Waals surface area contributed by atoms with Crippen molar-refractivity contribution in [3.63, 3.8) is 0 Å². The number of aromatic nitrogens is 1. The van der Waals surface area contributed by atoms with Crippen molar-refractivity contribution in [2.45, 2.75) is 0 Å². The van der Waals surface area contributed by atoms with E-state index in [9.17, 15) is 0 Å². The molecule has 12 aromatic rings. The molecule has 0 aliphatic heterocycles. The van der Waals surface area contributed by atoms with E-state index in [1.54, 1.807) is 0 Å². The molecule has 0 saturated carbocycles. The van der Waals surface area contributed by atoms with Gasteiger partial charge in [0.05, 0.1) is 33.1 Å². The molecule has 0 spiro atoms. The zero-order valence-electron chi connectivity index (χ0n) is 38.3. The Hall–Kier alpha value is -8.89. The molecule has 0 aliphatic rings. The van der Waals surface area contributed by atoms with E-state index in [1.165, 1.54) is 10.8 Å². The van der Waals surface area contributed by atoms with Crippen LogP contribution in [0.15, 0.2) is 279 Å². The van der Waals surface area contributed by atoms with Crippen LogP contribution in [0.1, 0.15) is 0 Å². The number of halogens is 1. The molecule has 0 N–H and O–H groups in total. The molecule has 0 atom stereocenters. The predicted octanol–water partition coefficient (Wildman–Crippen LogP) is 19.0. The molecule has 0 saturated heterocycles. The number of anilines is 6. The second-order valence-corrected chi connectivity index (χ2v) is 17.9. The van der Waals surface area contributed by atoms with Crippen LogP contribution in [0.25, 0.3) is 72.0 Å². The summed E-state index contributed by atoms with van der Waals surface area (Å²) in [4.78, 5) is 4.61. The van der Waals surface area contributed by atoms with Crippen molar-refractivity contribution in [3.05, 3.63) is 284 Å². The first-order valence-corrected chi connectivity index (χ1v) is 24.1. The molecule has 3 nitrogen and oxygen atoms in total. The van der Waals surface area contributed by atoms with Crippen LogP contribution in [-0.4, -0.2) is 4.57 Å². The third-order valence-electron chi connectivity index (χ3n) is 13.3. The Morgan fingerprint density at radius 3 is 0.786 bits per heavy atom. The lowest BCUT2D eigenvalue weighted by Crippen LogP contribution is -2.15. The number of rotatable bonds is 11. The lowest BCUT2D eigenvalue weighted by molar-refractivity contribution is 1.16. The molecule has 1 heterocycles. The second-order valence-electron chi connectivity index (χ2n) is 17.5. The van der Waals surface area contributed by atoms with E-state index in [0.717, 1.165) is 95.4 Å². The maximum Gasteiger partial charge on any atom is 0.0888 e. The summed E-state index contributed by atoms with van der Waals surface area (Å²) in [5, 5.41) is 2.97. The van der Waals surface area contributed by atoms with E-state index < -0.39 is 0 Å². The Kier molecular flexibility index (Phi) is 11.3. The summed E-state index contributed by atoms with van der Waals surface area (Å²) in [5.74, 6) is 0. The van der Waals surface area contributed by atoms with Crippen molar-refractivity contribution in [2.24, 2.45) is 0 Å². The molecule has 0 aliphatic carbocycles. The van der Waals surface area contributed by atoms with E-state index in [4.69, 9.17) is 11.6 Å². The molecular weight excluding hydrogens is 870 g/mol. The van der Waals surface area contributed by atoms with Crippen molar-refractivity contribution in [1.29, 1.82) is 0 Å². The van der Waals surface area contributed by atoms with Crippen molar-refractivity contribution in [1.82, 2.24) is 4.57 Å². The molecule has 12 rings (SSSR count). The second kappa shape index (κ2) is 18.7. The molecule has 0 unspecified atom stereocenters. The smallest absolute Gasteiger partial charge is 0.0888 e. The van der Waals surface area contributed by atoms with Crippen molar-refractivity contribution in [2.75, 3.05) is 9.80 Å². The van der Waals surface area contributed by atoms with Crippen LogP contribution in [0.3, 0.4) is 0 Å². The van der Waals surface area contributed by atoms with Crippen LogP contribution in [0.2, 0.25) is 5.02 Å². The Labute approximate surface area is 414 Å². The maximum atomic E-state index is 8.18. The summed E-state index contributed by atoms with van der Waals surface area (Å²) in [6, 6.07) is 99.3. The molecule has 4 heteroatoms. The van der Waals surface area contributed by atoms with Gasteiger partial charge in [-0.2, -0.15) is 0 Å². The van der Waals surface area contributed by atoms with Gasteiger partial charge in [-0.15, -0.1) is 0 Å². The first-order chi connectivity index (χ1) is 34.6. The van der Waals surface area contributed by atoms with Gasteiger partial charge in [-0.1, -0.05) is 218 Å². The van der Waals surface area contributed by atoms with Gasteiger partial charge in [0.15, 0.2) is 0 Å². The number of fused-ring (bicyclic) bond motifs is 3. The molecule has 0 radical (unpaired) electrons. The predicted molar refractivity (Wildman–Crippen MR) is 297 cm³/mol. The molecule has 11 aromatic carbocycles. The quantitative estimate of drug-likeness (QED) is 0.128. The van der Waals surface area contributed by atoms with Gasteiger partial charge in [-0.05, 0) is 117 Å². The fourth-order valence-corrected chi connectivity index (χ4v) is 10.1. The third kappa shape index (κ3) is 8.09. The fraction of sp³-hybridized carbons (Fsp3) is 0. The topological polar surface area (TPSA) is 11.4 Å². The fourth-order valence-electron chi connectivity index (χ4n) is 9.82. The summed E-state index contributed by atoms with van der Waals surface area (Å²) in [6.07, 6.45) is 0. The van der Waals surface area contributed by atoms with Crippen LogP contribution in [0.5, 0.6) is 0 Å². The number of benzene rings is 11. The van der Waals surface area contributed by atoms with Crippen LogP contribution in [0, 0.1) is 0 Å². The number of hydrogen-bond donors (Lipinski definition) is 0. The first kappa shape index (κ1) is 42.5. The number of nitrogens with zero attached hydrogens (tertiary/aromatic N) is 3. The van der Waals surface area contributed by atoms with Crippen LogP contribution in [-0.2, 0) is 0 Å². The lowest BCUT2D eigenvalue weighted by Gasteiger charge is -2.32. The van der Waals surface area contributed by atoms with Crippen molar-refractivity contribution < 1.29 is 0 Å². The summed E-state index contributed by atoms with van der Waals surface area (Å²) in [6.45, 7) is 0. The van der Waals surface area contributed by atoms with E-state index in [0.29, 0.717) is 5.02 Å². The minimum absolute atomic E-state index is 0.600. The summed E-state index contributed by atoms with van der Waals surface area (Å²) in [5.41, 5.74) is 18.0. The minimum Gasteiger partial charge on any atom is -0.309 e. The first-order valence-electron chi connectivity index (χ1n) is 23.7. The Morgan fingerprint density at radius 2 is 0.500 bits per heavy atom. The van der Waals surface area contributed by atoms with Crippen LogP contribution in [0.4, 0.5) is 34.1 Å². The van der Waals surface area contributed by atoms with Gasteiger partial charge < -0.3 is 14.4 Å². The standard InChI is InChI=1S/C66H46ClN3/c67-66-64(68(55-37-29-51(30-38-55)47-17-5-1-6-18-47)56-39-31-52(32-40-56)48-19-7-2-8-20-48)45-59(70-62-27-15-13-25-60(62)61-26-14-16-28-63(61)70)46-65(66)69(57-41-33-53(34-42-57)49-21-9-3-10-22-49)58-43-35-54(36-44-58)50-23-11-4-12-24-50/h1-46H. The van der Waals surface area contributed by atoms with Gasteiger partial charge in [0.1, 0.15) is 0 Å². The monoisotopic (exact) mass is 915 g/mol. The number of hydrogen-bond acceptors (Lipinski definition) is 2. The summed E-state index contributed by atoms with van der Waals surface area (Å²) in [7, 11) is 0. The molecular formula is C66H46ClN3. The van der Waals surface area contributed by atoms with E-state index >= 15 is 0 Å². The van der Waals surface area contributed by atoms with E-state index in [2.05, 4.69) is 293 Å². The lowest BCUT2D eigenvalue weighted by atomic mass is 10.0. The van der Waals surface area contributed by atoms with E-state index in [-0.39, 0.29) is 0 Å². The highest BCUT2D eigenvalue weighted by atomic mass is 35.5. The maximum absolute atomic E-state index is 8.18. The SMILES string of the molecule is Clc1c(N(c2ccc(-c3ccccc3)cc2)c2ccc(-c3ccccc3)cc2)cc(-n2c3ccccc3c3ccccc32)cc1N(c1ccc(-c2ccccc2)cc1)c1ccc(-c2ccccc2)cc1. The highest BCUT2D eigenvalue weighted by molar-refractivity contribution is 6.37. The molecule has 0 amide bonds. The Balaban J connectivity index is 1.12. The average molecular weight is 917 g/mol. The summed E-state index contributed by atoms with van der Waals surface area (Å²) >= 11 is 8.18. The number of para-hydroxylation sites is 2. The molecule has 1 aromatic heterocycles. The molecule has 0 bridgehead atoms. The van der Waals surface area contributed by atoms with Gasteiger partial charge in [0, 0.05) is 33.5 Å². The van der Waals surface area contributed by atoms with Crippen molar-refractivity contribution >= 4 is 67.5 Å². The van der Waals surface area contributed by atoms with Gasteiger partial charge in [-0.3, -0.25) is 0 Å². The van der Waals surface area contributed by atoms with Gasteiger partial charge in [0.2, 0.25) is 0 Å². The zero-order chi connectivity index (χ0) is 46.8. The van der Waals surface area contributed by atoms with Crippen LogP contribution >= 0.6 is 11.6 Å². The molecule has 70 heavy (non-hydrogen) atoms. The summed E-state index contributed by atoms with van der Waals surface area (Å²) < 4.78 is 2.39. The Morgan fingerprint density at radius 1 is 0.257 bits per heavy atom. The third-order valence-corrected chi connectivity index (χ3v) is 13.7. The highest BCUT2D eigenvalue weighted by Crippen LogP contribution is 2.50. The van der Waals surface area contributed by atoms with Crippen molar-refractivity contribution in [3.8, 4) is 50.2 Å². The van der Waals surface area contributed by atoms with Crippen LogP contribution < -0.4 is 9.80 Å². The zero-order valence-corrected chi connectivity index (χ0v) is 39.0. The minimum atomic E-state index is 0.600. The normalized spacial score (nSPS) is 11.2. The van der Waals surface area contributed by atoms with Gasteiger partial charge >= 0.3 is 0 Å². The average Bonchev–Trinajstić information content (AvgIpc) is 3.78. The molecule has 0 fully saturated rings. The largest absolute Gasteiger partial charge is 0.309 e. The van der Waals surface area contributed by atoms with Gasteiger partial charge in [-0.25, -0.2) is 0 Å². The molecule has 332 valence electrons. The Bertz CT molecular complexity index is 3310.